The first-order valence-corrected chi connectivity index (χ1v) is 10.5. The fourth-order valence-corrected chi connectivity index (χ4v) is 5.14. The Hall–Kier alpha value is -2.12. The number of aromatic nitrogens is 3. The average Bonchev–Trinajstić information content (AvgIpc) is 3.04. The number of rotatable bonds is 6. The lowest BCUT2D eigenvalue weighted by atomic mass is 10.1. The van der Waals surface area contributed by atoms with Crippen LogP contribution in [0.3, 0.4) is 0 Å². The highest BCUT2D eigenvalue weighted by Crippen LogP contribution is 2.23. The van der Waals surface area contributed by atoms with Gasteiger partial charge in [-0.3, -0.25) is 4.57 Å². The van der Waals surface area contributed by atoms with Crippen molar-refractivity contribution in [3.63, 3.8) is 0 Å². The molecule has 0 saturated carbocycles. The molecule has 5 nitrogen and oxygen atoms in total. The fraction of sp³-hybridized carbons (Fsp3) is 0.222. The number of hydrogen-bond acceptors (Lipinski definition) is 5. The van der Waals surface area contributed by atoms with Gasteiger partial charge in [-0.15, -0.1) is 10.2 Å². The number of sulfone groups is 1. The maximum absolute atomic E-state index is 12.4. The molecule has 0 atom stereocenters. The van der Waals surface area contributed by atoms with E-state index in [0.29, 0.717) is 15.8 Å². The molecule has 0 radical (unpaired) electrons. The van der Waals surface area contributed by atoms with Gasteiger partial charge in [-0.25, -0.2) is 8.42 Å². The number of aryl methyl sites for hydroxylation is 2. The molecule has 3 aromatic rings. The zero-order valence-electron chi connectivity index (χ0n) is 14.1. The van der Waals surface area contributed by atoms with E-state index < -0.39 is 9.84 Å². The van der Waals surface area contributed by atoms with E-state index in [4.69, 9.17) is 0 Å². The maximum atomic E-state index is 12.4. The molecule has 0 spiro atoms. The molecule has 3 rings (SSSR count). The van der Waals surface area contributed by atoms with E-state index >= 15 is 0 Å². The molecule has 1 aromatic heterocycles. The maximum Gasteiger partial charge on any atom is 0.195 e. The predicted octanol–water partition coefficient (Wildman–Crippen LogP) is 3.45. The van der Waals surface area contributed by atoms with Crippen molar-refractivity contribution in [1.29, 1.82) is 0 Å². The van der Waals surface area contributed by atoms with Crippen molar-refractivity contribution in [1.82, 2.24) is 14.8 Å². The topological polar surface area (TPSA) is 64.8 Å². The van der Waals surface area contributed by atoms with Gasteiger partial charge in [-0.2, -0.15) is 0 Å². The molecule has 130 valence electrons. The first-order valence-electron chi connectivity index (χ1n) is 7.85. The van der Waals surface area contributed by atoms with Gasteiger partial charge in [0.25, 0.3) is 0 Å². The molecule has 0 bridgehead atoms. The van der Waals surface area contributed by atoms with Gasteiger partial charge in [-0.1, -0.05) is 47.7 Å². The molecule has 0 N–H and O–H groups in total. The van der Waals surface area contributed by atoms with Crippen LogP contribution in [0.5, 0.6) is 0 Å². The molecular weight excluding hydrogens is 354 g/mol. The van der Waals surface area contributed by atoms with Crippen LogP contribution in [0.4, 0.5) is 0 Å². The Morgan fingerprint density at radius 1 is 1.08 bits per heavy atom. The highest BCUT2D eigenvalue weighted by Gasteiger charge is 2.15. The second-order valence-corrected chi connectivity index (χ2v) is 8.93. The Kier molecular flexibility index (Phi) is 5.24. The lowest BCUT2D eigenvalue weighted by molar-refractivity contribution is 0.597. The highest BCUT2D eigenvalue weighted by molar-refractivity contribution is 8.00. The molecule has 0 aliphatic rings. The summed E-state index contributed by atoms with van der Waals surface area (Å²) in [5, 5.41) is 8.80. The Balaban J connectivity index is 1.72. The molecule has 25 heavy (non-hydrogen) atoms. The predicted molar refractivity (Wildman–Crippen MR) is 100 cm³/mol. The van der Waals surface area contributed by atoms with Crippen LogP contribution in [0.2, 0.25) is 0 Å². The molecule has 0 saturated heterocycles. The highest BCUT2D eigenvalue weighted by atomic mass is 32.2. The Bertz CT molecular complexity index is 967. The molecule has 0 aliphatic carbocycles. The van der Waals surface area contributed by atoms with Crippen molar-refractivity contribution in [3.05, 3.63) is 66.0 Å². The van der Waals surface area contributed by atoms with Gasteiger partial charge in [0.1, 0.15) is 6.33 Å². The molecular formula is C18H19N3O2S2. The summed E-state index contributed by atoms with van der Waals surface area (Å²) in [7, 11) is -3.28. The largest absolute Gasteiger partial charge is 0.276 e. The quantitative estimate of drug-likeness (QED) is 0.619. The summed E-state index contributed by atoms with van der Waals surface area (Å²) in [4.78, 5) is 0.353. The molecule has 1 heterocycles. The van der Waals surface area contributed by atoms with Crippen molar-refractivity contribution in [2.24, 2.45) is 0 Å². The average molecular weight is 374 g/mol. The minimum Gasteiger partial charge on any atom is -0.276 e. The normalized spacial score (nSPS) is 11.6. The van der Waals surface area contributed by atoms with Gasteiger partial charge in [0.15, 0.2) is 15.0 Å². The lowest BCUT2D eigenvalue weighted by Crippen LogP contribution is -2.09. The van der Waals surface area contributed by atoms with Crippen LogP contribution in [0.15, 0.2) is 64.9 Å². The van der Waals surface area contributed by atoms with Crippen LogP contribution in [0.1, 0.15) is 11.1 Å². The summed E-state index contributed by atoms with van der Waals surface area (Å²) < 4.78 is 26.6. The summed E-state index contributed by atoms with van der Waals surface area (Å²) in [6.45, 7) is 4.09. The van der Waals surface area contributed by atoms with Crippen LogP contribution < -0.4 is 0 Å². The number of thioether (sulfide) groups is 1. The van der Waals surface area contributed by atoms with E-state index in [2.05, 4.69) is 16.3 Å². The standard InChI is InChI=1S/C18H19N3O2S2/c1-14-8-9-17(15(2)12-14)21-13-19-20-18(21)24-10-11-25(22,23)16-6-4-3-5-7-16/h3-9,12-13H,10-11H2,1-2H3. The molecule has 0 unspecified atom stereocenters. The summed E-state index contributed by atoms with van der Waals surface area (Å²) in [5.74, 6) is 0.474. The van der Waals surface area contributed by atoms with Crippen LogP contribution in [0.25, 0.3) is 5.69 Å². The SMILES string of the molecule is Cc1ccc(-n2cnnc2SCCS(=O)(=O)c2ccccc2)c(C)c1. The van der Waals surface area contributed by atoms with Gasteiger partial charge >= 0.3 is 0 Å². The van der Waals surface area contributed by atoms with Crippen molar-refractivity contribution >= 4 is 21.6 Å². The summed E-state index contributed by atoms with van der Waals surface area (Å²) >= 11 is 1.39. The van der Waals surface area contributed by atoms with Gasteiger partial charge in [0, 0.05) is 5.75 Å². The van der Waals surface area contributed by atoms with Crippen LogP contribution >= 0.6 is 11.8 Å². The van der Waals surface area contributed by atoms with Gasteiger partial charge in [0.05, 0.1) is 16.3 Å². The summed E-state index contributed by atoms with van der Waals surface area (Å²) in [5.41, 5.74) is 3.32. The Morgan fingerprint density at radius 3 is 2.56 bits per heavy atom. The second-order valence-electron chi connectivity index (χ2n) is 5.75. The number of benzene rings is 2. The van der Waals surface area contributed by atoms with Crippen LogP contribution in [-0.4, -0.2) is 34.7 Å². The van der Waals surface area contributed by atoms with Crippen molar-refractivity contribution in [2.75, 3.05) is 11.5 Å². The fourth-order valence-electron chi connectivity index (χ4n) is 2.55. The molecule has 0 amide bonds. The Labute approximate surface area is 152 Å². The smallest absolute Gasteiger partial charge is 0.195 e. The third kappa shape index (κ3) is 4.11. The molecule has 2 aromatic carbocycles. The molecule has 0 fully saturated rings. The van der Waals surface area contributed by atoms with E-state index in [9.17, 15) is 8.42 Å². The van der Waals surface area contributed by atoms with E-state index in [0.717, 1.165) is 11.3 Å². The second kappa shape index (κ2) is 7.41. The van der Waals surface area contributed by atoms with E-state index in [1.54, 1.807) is 36.7 Å². The monoisotopic (exact) mass is 373 g/mol. The summed E-state index contributed by atoms with van der Waals surface area (Å²) in [6.07, 6.45) is 1.66. The van der Waals surface area contributed by atoms with Gasteiger partial charge < -0.3 is 0 Å². The third-order valence-electron chi connectivity index (χ3n) is 3.81. The zero-order valence-corrected chi connectivity index (χ0v) is 15.7. The first kappa shape index (κ1) is 17.7. The number of nitrogens with zero attached hydrogens (tertiary/aromatic N) is 3. The zero-order chi connectivity index (χ0) is 17.9. The molecule has 7 heteroatoms. The minimum absolute atomic E-state index is 0.0570. The van der Waals surface area contributed by atoms with Crippen molar-refractivity contribution in [2.45, 2.75) is 23.9 Å². The van der Waals surface area contributed by atoms with Crippen LogP contribution in [0, 0.1) is 13.8 Å². The van der Waals surface area contributed by atoms with E-state index in [-0.39, 0.29) is 5.75 Å². The summed E-state index contributed by atoms with van der Waals surface area (Å²) in [6, 6.07) is 14.7. The van der Waals surface area contributed by atoms with Crippen molar-refractivity contribution < 1.29 is 8.42 Å². The van der Waals surface area contributed by atoms with E-state index in [1.165, 1.54) is 17.3 Å². The van der Waals surface area contributed by atoms with Gasteiger partial charge in [-0.05, 0) is 37.6 Å². The van der Waals surface area contributed by atoms with Crippen LogP contribution in [-0.2, 0) is 9.84 Å². The van der Waals surface area contributed by atoms with E-state index in [1.807, 2.05) is 30.5 Å². The Morgan fingerprint density at radius 2 is 1.84 bits per heavy atom. The molecule has 0 aliphatic heterocycles. The van der Waals surface area contributed by atoms with Crippen molar-refractivity contribution in [3.8, 4) is 5.69 Å². The van der Waals surface area contributed by atoms with Gasteiger partial charge in [0.2, 0.25) is 0 Å². The lowest BCUT2D eigenvalue weighted by Gasteiger charge is -2.10. The minimum atomic E-state index is -3.28. The third-order valence-corrected chi connectivity index (χ3v) is 6.75. The number of hydrogen-bond donors (Lipinski definition) is 0. The first-order chi connectivity index (χ1) is 12.0.